The average Bonchev–Trinajstić information content (AvgIpc) is 2.16. The van der Waals surface area contributed by atoms with Crippen LogP contribution in [-0.2, 0) is 10.2 Å². The van der Waals surface area contributed by atoms with E-state index in [9.17, 15) is 4.79 Å². The van der Waals surface area contributed by atoms with E-state index in [4.69, 9.17) is 5.11 Å². The van der Waals surface area contributed by atoms with E-state index in [2.05, 4.69) is 15.9 Å². The minimum Gasteiger partial charge on any atom is -0.481 e. The third-order valence-corrected chi connectivity index (χ3v) is 3.71. The van der Waals surface area contributed by atoms with Crippen LogP contribution in [0, 0.1) is 5.92 Å². The molecule has 1 aromatic carbocycles. The standard InChI is InChI=1S/C12H15BrO2/c1-8(11(14)15)12(2,3)9-6-4-5-7-10(9)13/h4-8H,1-3H3,(H,14,15). The van der Waals surface area contributed by atoms with Crippen molar-refractivity contribution in [2.45, 2.75) is 26.2 Å². The van der Waals surface area contributed by atoms with Gasteiger partial charge in [-0.15, -0.1) is 0 Å². The van der Waals surface area contributed by atoms with Crippen molar-refractivity contribution < 1.29 is 9.90 Å². The van der Waals surface area contributed by atoms with Gasteiger partial charge in [-0.1, -0.05) is 54.9 Å². The maximum Gasteiger partial charge on any atom is 0.307 e. The summed E-state index contributed by atoms with van der Waals surface area (Å²) in [4.78, 5) is 11.0. The predicted octanol–water partition coefficient (Wildman–Crippen LogP) is 3.45. The van der Waals surface area contributed by atoms with Gasteiger partial charge in [0.15, 0.2) is 0 Å². The van der Waals surface area contributed by atoms with E-state index in [1.807, 2.05) is 38.1 Å². The SMILES string of the molecule is CC(C(=O)O)C(C)(C)c1ccccc1Br. The summed E-state index contributed by atoms with van der Waals surface area (Å²) >= 11 is 3.46. The first-order chi connectivity index (χ1) is 6.87. The molecule has 82 valence electrons. The second kappa shape index (κ2) is 4.35. The summed E-state index contributed by atoms with van der Waals surface area (Å²) in [5, 5.41) is 9.05. The summed E-state index contributed by atoms with van der Waals surface area (Å²) in [6.07, 6.45) is 0. The summed E-state index contributed by atoms with van der Waals surface area (Å²) < 4.78 is 0.961. The highest BCUT2D eigenvalue weighted by molar-refractivity contribution is 9.10. The molecule has 1 rings (SSSR count). The number of hydrogen-bond acceptors (Lipinski definition) is 1. The summed E-state index contributed by atoms with van der Waals surface area (Å²) in [6.45, 7) is 5.64. The van der Waals surface area contributed by atoms with Crippen LogP contribution >= 0.6 is 15.9 Å². The van der Waals surface area contributed by atoms with E-state index in [0.29, 0.717) is 0 Å². The molecule has 0 amide bonds. The first-order valence-corrected chi connectivity index (χ1v) is 5.64. The van der Waals surface area contributed by atoms with Crippen LogP contribution in [0.2, 0.25) is 0 Å². The molecule has 1 aromatic rings. The molecule has 0 bridgehead atoms. The van der Waals surface area contributed by atoms with Gasteiger partial charge in [-0.3, -0.25) is 4.79 Å². The van der Waals surface area contributed by atoms with Crippen molar-refractivity contribution in [3.8, 4) is 0 Å². The van der Waals surface area contributed by atoms with Gasteiger partial charge in [0.25, 0.3) is 0 Å². The van der Waals surface area contributed by atoms with Crippen molar-refractivity contribution in [1.82, 2.24) is 0 Å². The molecule has 15 heavy (non-hydrogen) atoms. The van der Waals surface area contributed by atoms with Crippen LogP contribution in [0.25, 0.3) is 0 Å². The molecule has 0 saturated heterocycles. The molecule has 0 fully saturated rings. The maximum atomic E-state index is 11.0. The first kappa shape index (κ1) is 12.2. The molecule has 0 heterocycles. The van der Waals surface area contributed by atoms with E-state index in [1.54, 1.807) is 6.92 Å². The Kier molecular flexibility index (Phi) is 3.55. The van der Waals surface area contributed by atoms with Crippen molar-refractivity contribution >= 4 is 21.9 Å². The third kappa shape index (κ3) is 2.40. The summed E-state index contributed by atoms with van der Waals surface area (Å²) in [7, 11) is 0. The topological polar surface area (TPSA) is 37.3 Å². The summed E-state index contributed by atoms with van der Waals surface area (Å²) in [6, 6.07) is 7.75. The van der Waals surface area contributed by atoms with Crippen LogP contribution < -0.4 is 0 Å². The highest BCUT2D eigenvalue weighted by Crippen LogP contribution is 2.36. The minimum absolute atomic E-state index is 0.383. The van der Waals surface area contributed by atoms with Gasteiger partial charge in [-0.2, -0.15) is 0 Å². The number of rotatable bonds is 3. The molecule has 0 radical (unpaired) electrons. The second-order valence-electron chi connectivity index (χ2n) is 4.26. The number of halogens is 1. The van der Waals surface area contributed by atoms with Crippen LogP contribution in [0.5, 0.6) is 0 Å². The lowest BCUT2D eigenvalue weighted by atomic mass is 9.74. The zero-order chi connectivity index (χ0) is 11.6. The molecule has 3 heteroatoms. The molecule has 0 aliphatic carbocycles. The molecule has 0 aromatic heterocycles. The lowest BCUT2D eigenvalue weighted by molar-refractivity contribution is -0.143. The number of hydrogen-bond donors (Lipinski definition) is 1. The van der Waals surface area contributed by atoms with Gasteiger partial charge in [0.1, 0.15) is 0 Å². The van der Waals surface area contributed by atoms with E-state index < -0.39 is 11.9 Å². The molecule has 1 unspecified atom stereocenters. The van der Waals surface area contributed by atoms with Crippen molar-refractivity contribution in [3.63, 3.8) is 0 Å². The quantitative estimate of drug-likeness (QED) is 0.914. The summed E-state index contributed by atoms with van der Waals surface area (Å²) in [5.41, 5.74) is 0.645. The van der Waals surface area contributed by atoms with Crippen LogP contribution in [0.3, 0.4) is 0 Å². The van der Waals surface area contributed by atoms with Gasteiger partial charge in [0.2, 0.25) is 0 Å². The van der Waals surface area contributed by atoms with E-state index in [0.717, 1.165) is 10.0 Å². The predicted molar refractivity (Wildman–Crippen MR) is 64.0 cm³/mol. The molecular formula is C12H15BrO2. The fraction of sp³-hybridized carbons (Fsp3) is 0.417. The van der Waals surface area contributed by atoms with Crippen LogP contribution in [0.15, 0.2) is 28.7 Å². The smallest absolute Gasteiger partial charge is 0.307 e. The molecule has 0 spiro atoms. The second-order valence-corrected chi connectivity index (χ2v) is 5.12. The zero-order valence-corrected chi connectivity index (χ0v) is 10.7. The maximum absolute atomic E-state index is 11.0. The Morgan fingerprint density at radius 3 is 2.40 bits per heavy atom. The van der Waals surface area contributed by atoms with Gasteiger partial charge < -0.3 is 5.11 Å². The Morgan fingerprint density at radius 2 is 1.93 bits per heavy atom. The molecule has 0 saturated carbocycles. The van der Waals surface area contributed by atoms with Crippen molar-refractivity contribution in [3.05, 3.63) is 34.3 Å². The van der Waals surface area contributed by atoms with E-state index in [1.165, 1.54) is 0 Å². The normalized spacial score (nSPS) is 13.6. The highest BCUT2D eigenvalue weighted by Gasteiger charge is 2.34. The third-order valence-electron chi connectivity index (χ3n) is 3.02. The molecule has 0 aliphatic rings. The Morgan fingerprint density at radius 1 is 1.40 bits per heavy atom. The van der Waals surface area contributed by atoms with Crippen LogP contribution in [0.4, 0.5) is 0 Å². The van der Waals surface area contributed by atoms with Gasteiger partial charge >= 0.3 is 5.97 Å². The Labute approximate surface area is 98.4 Å². The van der Waals surface area contributed by atoms with Gasteiger partial charge in [0.05, 0.1) is 5.92 Å². The van der Waals surface area contributed by atoms with E-state index in [-0.39, 0.29) is 5.41 Å². The molecule has 1 N–H and O–H groups in total. The van der Waals surface area contributed by atoms with Gasteiger partial charge in [-0.25, -0.2) is 0 Å². The Hall–Kier alpha value is -0.830. The van der Waals surface area contributed by atoms with Crippen molar-refractivity contribution in [2.75, 3.05) is 0 Å². The molecular weight excluding hydrogens is 256 g/mol. The number of carboxylic acids is 1. The lowest BCUT2D eigenvalue weighted by Gasteiger charge is -2.30. The highest BCUT2D eigenvalue weighted by atomic mass is 79.9. The molecule has 2 nitrogen and oxygen atoms in total. The van der Waals surface area contributed by atoms with Crippen molar-refractivity contribution in [2.24, 2.45) is 5.92 Å². The number of carboxylic acid groups (broad SMARTS) is 1. The Balaban J connectivity index is 3.16. The van der Waals surface area contributed by atoms with Gasteiger partial charge in [0, 0.05) is 9.89 Å². The van der Waals surface area contributed by atoms with Crippen LogP contribution in [-0.4, -0.2) is 11.1 Å². The number of carbonyl (C=O) groups is 1. The molecule has 0 aliphatic heterocycles. The largest absolute Gasteiger partial charge is 0.481 e. The van der Waals surface area contributed by atoms with Gasteiger partial charge in [-0.05, 0) is 11.6 Å². The minimum atomic E-state index is -0.768. The van der Waals surface area contributed by atoms with E-state index >= 15 is 0 Å². The Bertz CT molecular complexity index is 372. The first-order valence-electron chi connectivity index (χ1n) is 4.85. The monoisotopic (exact) mass is 270 g/mol. The number of benzene rings is 1. The van der Waals surface area contributed by atoms with Crippen molar-refractivity contribution in [1.29, 1.82) is 0 Å². The number of aliphatic carboxylic acids is 1. The lowest BCUT2D eigenvalue weighted by Crippen LogP contribution is -2.32. The zero-order valence-electron chi connectivity index (χ0n) is 9.12. The fourth-order valence-electron chi connectivity index (χ4n) is 1.53. The van der Waals surface area contributed by atoms with Crippen LogP contribution in [0.1, 0.15) is 26.3 Å². The average molecular weight is 271 g/mol. The summed E-state index contributed by atoms with van der Waals surface area (Å²) in [5.74, 6) is -1.19. The molecule has 1 atom stereocenters. The fourth-order valence-corrected chi connectivity index (χ4v) is 2.32.